The summed E-state index contributed by atoms with van der Waals surface area (Å²) in [5.74, 6) is -6.21. The van der Waals surface area contributed by atoms with Crippen LogP contribution in [0.3, 0.4) is 0 Å². The van der Waals surface area contributed by atoms with Gasteiger partial charge in [-0.3, -0.25) is 15.1 Å². The Morgan fingerprint density at radius 2 is 1.57 bits per heavy atom. The van der Waals surface area contributed by atoms with Crippen molar-refractivity contribution in [3.8, 4) is 0 Å². The van der Waals surface area contributed by atoms with E-state index < -0.39 is 63.8 Å². The number of hydroxylamine groups is 1. The average molecular weight is 543 g/mol. The highest BCUT2D eigenvalue weighted by atomic mass is 35.5. The molecule has 2 aromatic carbocycles. The number of halogens is 9. The molecule has 2 aliphatic rings. The molecule has 1 N–H and O–H groups in total. The standard InChI is InChI=1S/C22H15Cl2F7N2O2/c1-19(26,27)18(34)33-9-20(28,10-33)12-4-2-11(3-5-12)16-8-21(35-32-16,22(29,30)31)13-6-14(23)17(25)15(24)7-13/h2-8,32H,9-10H2,1H3. The molecule has 0 bridgehead atoms. The van der Waals surface area contributed by atoms with Crippen molar-refractivity contribution in [2.45, 2.75) is 30.3 Å². The molecule has 1 saturated heterocycles. The lowest BCUT2D eigenvalue weighted by Crippen LogP contribution is -2.61. The van der Waals surface area contributed by atoms with Crippen LogP contribution in [0, 0.1) is 5.82 Å². The van der Waals surface area contributed by atoms with Gasteiger partial charge in [-0.2, -0.15) is 22.0 Å². The number of amides is 1. The van der Waals surface area contributed by atoms with Crippen molar-refractivity contribution in [2.75, 3.05) is 13.1 Å². The monoisotopic (exact) mass is 542 g/mol. The van der Waals surface area contributed by atoms with Gasteiger partial charge in [-0.25, -0.2) is 8.78 Å². The summed E-state index contributed by atoms with van der Waals surface area (Å²) < 4.78 is 97.4. The number of alkyl halides is 6. The maximum atomic E-state index is 15.1. The van der Waals surface area contributed by atoms with Gasteiger partial charge >= 0.3 is 12.1 Å². The summed E-state index contributed by atoms with van der Waals surface area (Å²) in [5, 5.41) is -1.26. The highest BCUT2D eigenvalue weighted by Crippen LogP contribution is 2.49. The summed E-state index contributed by atoms with van der Waals surface area (Å²) in [6.07, 6.45) is -4.31. The highest BCUT2D eigenvalue weighted by molar-refractivity contribution is 6.35. The number of likely N-dealkylation sites (tertiary alicyclic amines) is 1. The summed E-state index contributed by atoms with van der Waals surface area (Å²) in [7, 11) is 0. The van der Waals surface area contributed by atoms with Crippen molar-refractivity contribution >= 4 is 34.8 Å². The molecule has 1 fully saturated rings. The Balaban J connectivity index is 1.61. The first-order valence-electron chi connectivity index (χ1n) is 9.93. The van der Waals surface area contributed by atoms with Crippen LogP contribution < -0.4 is 5.48 Å². The highest BCUT2D eigenvalue weighted by Gasteiger charge is 2.60. The van der Waals surface area contributed by atoms with Crippen LogP contribution in [-0.4, -0.2) is 36.0 Å². The summed E-state index contributed by atoms with van der Waals surface area (Å²) in [4.78, 5) is 17.2. The van der Waals surface area contributed by atoms with Gasteiger partial charge in [0.2, 0.25) is 5.60 Å². The van der Waals surface area contributed by atoms with Gasteiger partial charge in [-0.15, -0.1) is 0 Å². The number of carbonyl (C=O) groups excluding carboxylic acids is 1. The molecule has 35 heavy (non-hydrogen) atoms. The Bertz CT molecular complexity index is 1180. The fraction of sp³-hybridized carbons (Fsp3) is 0.318. The van der Waals surface area contributed by atoms with Gasteiger partial charge in [-0.05, 0) is 29.3 Å². The largest absolute Gasteiger partial charge is 0.428 e. The molecular weight excluding hydrogens is 528 g/mol. The van der Waals surface area contributed by atoms with Crippen LogP contribution in [0.1, 0.15) is 23.6 Å². The van der Waals surface area contributed by atoms with E-state index in [4.69, 9.17) is 28.0 Å². The Labute approximate surface area is 204 Å². The predicted molar refractivity (Wildman–Crippen MR) is 113 cm³/mol. The van der Waals surface area contributed by atoms with Crippen LogP contribution in [0.4, 0.5) is 30.7 Å². The SMILES string of the molecule is CC(F)(F)C(=O)N1CC(F)(c2ccc(C3=CC(c4cc(Cl)c(F)c(Cl)c4)(C(F)(F)F)ON3)cc2)C1. The molecular formula is C22H15Cl2F7N2O2. The normalized spacial score (nSPS) is 21.9. The maximum absolute atomic E-state index is 15.1. The van der Waals surface area contributed by atoms with Crippen molar-refractivity contribution in [3.63, 3.8) is 0 Å². The Kier molecular flexibility index (Phi) is 6.05. The Morgan fingerprint density at radius 1 is 1.03 bits per heavy atom. The minimum absolute atomic E-state index is 0.0587. The molecule has 0 saturated carbocycles. The number of nitrogens with one attached hydrogen (secondary N) is 1. The van der Waals surface area contributed by atoms with Gasteiger partial charge in [0.25, 0.3) is 5.91 Å². The van der Waals surface area contributed by atoms with Crippen molar-refractivity contribution in [1.82, 2.24) is 10.4 Å². The van der Waals surface area contributed by atoms with E-state index in [0.29, 0.717) is 17.9 Å². The number of hydrogen-bond donors (Lipinski definition) is 1. The van der Waals surface area contributed by atoms with Gasteiger partial charge in [-0.1, -0.05) is 47.5 Å². The predicted octanol–water partition coefficient (Wildman–Crippen LogP) is 6.13. The van der Waals surface area contributed by atoms with Gasteiger partial charge in [0, 0.05) is 12.5 Å². The van der Waals surface area contributed by atoms with Gasteiger partial charge in [0.1, 0.15) is 0 Å². The van der Waals surface area contributed by atoms with Crippen LogP contribution in [0.25, 0.3) is 5.70 Å². The number of carbonyl (C=O) groups is 1. The zero-order chi connectivity index (χ0) is 26.0. The van der Waals surface area contributed by atoms with Crippen molar-refractivity contribution < 1.29 is 40.4 Å². The van der Waals surface area contributed by atoms with Gasteiger partial charge in [0.05, 0.1) is 28.8 Å². The molecule has 2 aromatic rings. The molecule has 0 aromatic heterocycles. The lowest BCUT2D eigenvalue weighted by molar-refractivity contribution is -0.269. The molecule has 2 aliphatic heterocycles. The van der Waals surface area contributed by atoms with Crippen molar-refractivity contribution in [2.24, 2.45) is 0 Å². The first-order valence-corrected chi connectivity index (χ1v) is 10.7. The Morgan fingerprint density at radius 3 is 2.06 bits per heavy atom. The topological polar surface area (TPSA) is 41.6 Å². The molecule has 1 unspecified atom stereocenters. The molecule has 4 rings (SSSR count). The smallest absolute Gasteiger partial charge is 0.330 e. The second-order valence-corrected chi connectivity index (χ2v) is 9.16. The van der Waals surface area contributed by atoms with Crippen LogP contribution in [0.15, 0.2) is 42.5 Å². The molecule has 1 amide bonds. The van der Waals surface area contributed by atoms with E-state index in [1.54, 1.807) is 0 Å². The zero-order valence-corrected chi connectivity index (χ0v) is 19.1. The third kappa shape index (κ3) is 4.34. The van der Waals surface area contributed by atoms with E-state index in [1.807, 2.05) is 0 Å². The number of nitrogens with zero attached hydrogens (tertiary/aromatic N) is 1. The minimum Gasteiger partial charge on any atom is -0.330 e. The Hall–Kier alpha value is -2.50. The first kappa shape index (κ1) is 25.6. The lowest BCUT2D eigenvalue weighted by atomic mass is 9.86. The molecule has 188 valence electrons. The van der Waals surface area contributed by atoms with Gasteiger partial charge < -0.3 is 4.90 Å². The van der Waals surface area contributed by atoms with Crippen molar-refractivity contribution in [3.05, 3.63) is 75.0 Å². The van der Waals surface area contributed by atoms with E-state index in [1.165, 1.54) is 24.3 Å². The number of benzene rings is 2. The average Bonchev–Trinajstić information content (AvgIpc) is 3.21. The maximum Gasteiger partial charge on any atom is 0.428 e. The molecule has 2 heterocycles. The van der Waals surface area contributed by atoms with Crippen LogP contribution in [-0.2, 0) is 20.9 Å². The van der Waals surface area contributed by atoms with E-state index in [2.05, 4.69) is 5.48 Å². The molecule has 1 atom stereocenters. The molecule has 0 aliphatic carbocycles. The second kappa shape index (κ2) is 8.28. The van der Waals surface area contributed by atoms with Gasteiger partial charge in [0.15, 0.2) is 11.5 Å². The summed E-state index contributed by atoms with van der Waals surface area (Å²) in [5.41, 5.74) is -3.42. The van der Waals surface area contributed by atoms with Crippen LogP contribution >= 0.6 is 23.2 Å². The van der Waals surface area contributed by atoms with E-state index >= 15 is 4.39 Å². The summed E-state index contributed by atoms with van der Waals surface area (Å²) in [6, 6.07) is 6.63. The zero-order valence-electron chi connectivity index (χ0n) is 17.6. The third-order valence-corrected chi connectivity index (χ3v) is 6.31. The molecule has 0 radical (unpaired) electrons. The fourth-order valence-electron chi connectivity index (χ4n) is 3.87. The van der Waals surface area contributed by atoms with E-state index in [-0.39, 0.29) is 16.8 Å². The molecule has 0 spiro atoms. The van der Waals surface area contributed by atoms with Crippen LogP contribution in [0.5, 0.6) is 0 Å². The minimum atomic E-state index is -5.02. The fourth-order valence-corrected chi connectivity index (χ4v) is 4.35. The second-order valence-electron chi connectivity index (χ2n) is 8.34. The lowest BCUT2D eigenvalue weighted by Gasteiger charge is -2.45. The van der Waals surface area contributed by atoms with Crippen molar-refractivity contribution in [1.29, 1.82) is 0 Å². The van der Waals surface area contributed by atoms with Crippen LogP contribution in [0.2, 0.25) is 10.0 Å². The molecule has 4 nitrogen and oxygen atoms in total. The first-order chi connectivity index (χ1) is 16.1. The molecule has 13 heteroatoms. The number of hydrogen-bond acceptors (Lipinski definition) is 3. The quantitative estimate of drug-likeness (QED) is 0.373. The number of rotatable bonds is 4. The van der Waals surface area contributed by atoms with E-state index in [0.717, 1.165) is 12.1 Å². The third-order valence-electron chi connectivity index (χ3n) is 5.76. The van der Waals surface area contributed by atoms with E-state index in [9.17, 15) is 31.1 Å². The summed E-state index contributed by atoms with van der Waals surface area (Å²) >= 11 is 11.3. The summed E-state index contributed by atoms with van der Waals surface area (Å²) in [6.45, 7) is -0.745.